The van der Waals surface area contributed by atoms with E-state index in [9.17, 15) is 4.79 Å². The molecular weight excluding hydrogens is 258 g/mol. The zero-order chi connectivity index (χ0) is 14.4. The van der Waals surface area contributed by atoms with Crippen molar-refractivity contribution in [1.29, 1.82) is 0 Å². The van der Waals surface area contributed by atoms with Gasteiger partial charge >= 0.3 is 5.97 Å². The van der Waals surface area contributed by atoms with Crippen LogP contribution in [0.25, 0.3) is 0 Å². The Labute approximate surface area is 119 Å². The predicted octanol–water partition coefficient (Wildman–Crippen LogP) is 1.87. The van der Waals surface area contributed by atoms with Gasteiger partial charge in [0.2, 0.25) is 0 Å². The highest BCUT2D eigenvalue weighted by Crippen LogP contribution is 2.17. The molecule has 0 unspecified atom stereocenters. The van der Waals surface area contributed by atoms with E-state index < -0.39 is 5.97 Å². The number of para-hydroxylation sites is 1. The number of carboxylic acid groups (broad SMARTS) is 1. The number of likely N-dealkylation sites (N-methyl/N-ethyl adjacent to an activating group) is 1. The summed E-state index contributed by atoms with van der Waals surface area (Å²) in [6.07, 6.45) is 2.58. The molecule has 1 aliphatic heterocycles. The Kier molecular flexibility index (Phi) is 5.38. The average Bonchev–Trinajstić information content (AvgIpc) is 2.92. The minimum atomic E-state index is -0.965. The molecule has 0 radical (unpaired) electrons. The Hall–Kier alpha value is -1.59. The normalized spacial score (nSPS) is 18.4. The Bertz CT molecular complexity index is 443. The van der Waals surface area contributed by atoms with E-state index in [1.54, 1.807) is 24.3 Å². The Morgan fingerprint density at radius 3 is 3.00 bits per heavy atom. The summed E-state index contributed by atoms with van der Waals surface area (Å²) in [6, 6.07) is 6.70. The van der Waals surface area contributed by atoms with Crippen molar-refractivity contribution < 1.29 is 19.4 Å². The summed E-state index contributed by atoms with van der Waals surface area (Å²) in [6.45, 7) is 2.96. The summed E-state index contributed by atoms with van der Waals surface area (Å²) in [7, 11) is 2.02. The van der Waals surface area contributed by atoms with Gasteiger partial charge in [-0.25, -0.2) is 4.79 Å². The summed E-state index contributed by atoms with van der Waals surface area (Å²) in [5, 5.41) is 9.06. The number of hydrogen-bond acceptors (Lipinski definition) is 4. The van der Waals surface area contributed by atoms with E-state index in [-0.39, 0.29) is 5.56 Å². The summed E-state index contributed by atoms with van der Waals surface area (Å²) in [4.78, 5) is 13.2. The van der Waals surface area contributed by atoms with Crippen molar-refractivity contribution in [3.8, 4) is 5.75 Å². The van der Waals surface area contributed by atoms with Gasteiger partial charge in [-0.05, 0) is 32.0 Å². The van der Waals surface area contributed by atoms with E-state index in [2.05, 4.69) is 4.90 Å². The Morgan fingerprint density at radius 1 is 1.50 bits per heavy atom. The Morgan fingerprint density at radius 2 is 2.30 bits per heavy atom. The first kappa shape index (κ1) is 14.8. The van der Waals surface area contributed by atoms with Crippen molar-refractivity contribution in [3.63, 3.8) is 0 Å². The third kappa shape index (κ3) is 4.21. The van der Waals surface area contributed by atoms with Crippen molar-refractivity contribution >= 4 is 5.97 Å². The molecule has 5 heteroatoms. The lowest BCUT2D eigenvalue weighted by atomic mass is 10.2. The van der Waals surface area contributed by atoms with E-state index in [0.29, 0.717) is 18.5 Å². The molecule has 0 aliphatic carbocycles. The lowest BCUT2D eigenvalue weighted by molar-refractivity contribution is 0.0689. The van der Waals surface area contributed by atoms with Crippen molar-refractivity contribution in [2.24, 2.45) is 0 Å². The molecule has 0 saturated carbocycles. The molecule has 0 bridgehead atoms. The van der Waals surface area contributed by atoms with Crippen molar-refractivity contribution in [2.75, 3.05) is 33.4 Å². The van der Waals surface area contributed by atoms with Crippen LogP contribution in [0.2, 0.25) is 0 Å². The number of carboxylic acids is 1. The third-order valence-corrected chi connectivity index (χ3v) is 3.39. The van der Waals surface area contributed by atoms with E-state index in [4.69, 9.17) is 14.6 Å². The van der Waals surface area contributed by atoms with Crippen molar-refractivity contribution in [3.05, 3.63) is 29.8 Å². The molecule has 0 amide bonds. The fourth-order valence-electron chi connectivity index (χ4n) is 2.31. The molecule has 20 heavy (non-hydrogen) atoms. The quantitative estimate of drug-likeness (QED) is 0.825. The second-order valence-corrected chi connectivity index (χ2v) is 5.05. The first-order chi connectivity index (χ1) is 9.66. The lowest BCUT2D eigenvalue weighted by Crippen LogP contribution is -2.32. The molecule has 0 aromatic heterocycles. The van der Waals surface area contributed by atoms with Gasteiger partial charge in [-0.1, -0.05) is 12.1 Å². The number of hydrogen-bond donors (Lipinski definition) is 1. The number of rotatable bonds is 7. The van der Waals surface area contributed by atoms with Crippen LogP contribution < -0.4 is 4.74 Å². The van der Waals surface area contributed by atoms with Gasteiger partial charge in [0.15, 0.2) is 0 Å². The van der Waals surface area contributed by atoms with Crippen LogP contribution in [0.3, 0.4) is 0 Å². The smallest absolute Gasteiger partial charge is 0.339 e. The monoisotopic (exact) mass is 279 g/mol. The maximum absolute atomic E-state index is 11.0. The van der Waals surface area contributed by atoms with E-state index in [0.717, 1.165) is 32.5 Å². The summed E-state index contributed by atoms with van der Waals surface area (Å²) in [5.41, 5.74) is 0.203. The lowest BCUT2D eigenvalue weighted by Gasteiger charge is -2.20. The maximum Gasteiger partial charge on any atom is 0.339 e. The fourth-order valence-corrected chi connectivity index (χ4v) is 2.31. The number of benzene rings is 1. The first-order valence-electron chi connectivity index (χ1n) is 6.92. The summed E-state index contributed by atoms with van der Waals surface area (Å²) < 4.78 is 11.1. The summed E-state index contributed by atoms with van der Waals surface area (Å²) >= 11 is 0. The molecule has 1 aliphatic rings. The third-order valence-electron chi connectivity index (χ3n) is 3.39. The molecule has 1 heterocycles. The number of aromatic carboxylic acids is 1. The van der Waals surface area contributed by atoms with Gasteiger partial charge in [0.1, 0.15) is 17.9 Å². The minimum absolute atomic E-state index is 0.203. The largest absolute Gasteiger partial charge is 0.491 e. The molecule has 1 saturated heterocycles. The fraction of sp³-hybridized carbons (Fsp3) is 0.533. The van der Waals surface area contributed by atoms with Crippen LogP contribution in [0.1, 0.15) is 23.2 Å². The van der Waals surface area contributed by atoms with E-state index in [1.807, 2.05) is 7.05 Å². The van der Waals surface area contributed by atoms with Gasteiger partial charge in [0.25, 0.3) is 0 Å². The Balaban J connectivity index is 1.76. The van der Waals surface area contributed by atoms with Crippen LogP contribution in [0, 0.1) is 0 Å². The average molecular weight is 279 g/mol. The molecule has 110 valence electrons. The van der Waals surface area contributed by atoms with Crippen LogP contribution in [0.15, 0.2) is 24.3 Å². The predicted molar refractivity (Wildman–Crippen MR) is 75.4 cm³/mol. The standard InChI is InChI=1S/C15H21NO4/c1-16(11-12-5-4-9-19-12)8-10-20-14-7-3-2-6-13(14)15(17)18/h2-3,6-7,12H,4-5,8-11H2,1H3,(H,17,18)/t12-/m0/s1. The maximum atomic E-state index is 11.0. The van der Waals surface area contributed by atoms with Crippen LogP contribution in [-0.2, 0) is 4.74 Å². The van der Waals surface area contributed by atoms with Crippen molar-refractivity contribution in [1.82, 2.24) is 4.90 Å². The molecule has 1 aromatic carbocycles. The minimum Gasteiger partial charge on any atom is -0.491 e. The van der Waals surface area contributed by atoms with Crippen LogP contribution >= 0.6 is 0 Å². The van der Waals surface area contributed by atoms with E-state index in [1.165, 1.54) is 0 Å². The molecular formula is C15H21NO4. The van der Waals surface area contributed by atoms with Crippen LogP contribution in [0.4, 0.5) is 0 Å². The second-order valence-electron chi connectivity index (χ2n) is 5.05. The van der Waals surface area contributed by atoms with Gasteiger partial charge in [0.05, 0.1) is 6.10 Å². The highest BCUT2D eigenvalue weighted by Gasteiger charge is 2.17. The summed E-state index contributed by atoms with van der Waals surface area (Å²) in [5.74, 6) is -0.543. The van der Waals surface area contributed by atoms with Crippen molar-refractivity contribution in [2.45, 2.75) is 18.9 Å². The molecule has 0 spiro atoms. The van der Waals surface area contributed by atoms with Gasteiger partial charge in [-0.15, -0.1) is 0 Å². The number of carbonyl (C=O) groups is 1. The molecule has 1 atom stereocenters. The molecule has 1 fully saturated rings. The number of nitrogens with zero attached hydrogens (tertiary/aromatic N) is 1. The van der Waals surface area contributed by atoms with Crippen LogP contribution in [-0.4, -0.2) is 55.4 Å². The van der Waals surface area contributed by atoms with Gasteiger partial charge in [-0.3, -0.25) is 0 Å². The molecule has 5 nitrogen and oxygen atoms in total. The zero-order valence-corrected chi connectivity index (χ0v) is 11.7. The first-order valence-corrected chi connectivity index (χ1v) is 6.92. The van der Waals surface area contributed by atoms with Gasteiger partial charge in [-0.2, -0.15) is 0 Å². The topological polar surface area (TPSA) is 59.0 Å². The molecule has 1 N–H and O–H groups in total. The highest BCUT2D eigenvalue weighted by atomic mass is 16.5. The van der Waals surface area contributed by atoms with Gasteiger partial charge < -0.3 is 19.5 Å². The second kappa shape index (κ2) is 7.26. The SMILES string of the molecule is CN(CCOc1ccccc1C(=O)O)C[C@@H]1CCCO1. The van der Waals surface area contributed by atoms with Gasteiger partial charge in [0, 0.05) is 19.7 Å². The van der Waals surface area contributed by atoms with Crippen LogP contribution in [0.5, 0.6) is 5.75 Å². The molecule has 2 rings (SSSR count). The molecule has 1 aromatic rings. The highest BCUT2D eigenvalue weighted by molar-refractivity contribution is 5.90. The van der Waals surface area contributed by atoms with E-state index >= 15 is 0 Å². The number of ether oxygens (including phenoxy) is 2. The zero-order valence-electron chi connectivity index (χ0n) is 11.7.